The van der Waals surface area contributed by atoms with Gasteiger partial charge in [-0.15, -0.1) is 6.58 Å². The molecule has 1 N–H and O–H groups in total. The Hall–Kier alpha value is -0.130. The second-order valence-corrected chi connectivity index (χ2v) is 2.74. The molecule has 0 aromatic carbocycles. The molecular weight excluding hydrogens is 207 g/mol. The number of carboxylic acid groups (broad SMARTS) is 1. The predicted molar refractivity (Wildman–Crippen MR) is 52.5 cm³/mol. The van der Waals surface area contributed by atoms with Gasteiger partial charge in [-0.25, -0.2) is 0 Å². The Morgan fingerprint density at radius 2 is 2.07 bits per heavy atom. The summed E-state index contributed by atoms with van der Waals surface area (Å²) < 4.78 is 4.88. The average molecular weight is 224 g/mol. The van der Waals surface area contributed by atoms with Crippen molar-refractivity contribution in [2.24, 2.45) is 0 Å². The van der Waals surface area contributed by atoms with Gasteiger partial charge in [0.1, 0.15) is 0 Å². The van der Waals surface area contributed by atoms with Crippen LogP contribution in [-0.2, 0) is 9.53 Å². The van der Waals surface area contributed by atoms with E-state index in [0.717, 1.165) is 0 Å². The molecule has 0 saturated carbocycles. The quantitative estimate of drug-likeness (QED) is 0.232. The summed E-state index contributed by atoms with van der Waals surface area (Å²) in [5, 5.41) is 18.1. The number of aliphatic hydroxyl groups is 1. The number of hydrogen-bond donors (Lipinski definition) is 1. The Labute approximate surface area is 113 Å². The zero-order chi connectivity index (χ0) is 11.6. The minimum atomic E-state index is -1.19. The second-order valence-electron chi connectivity index (χ2n) is 2.74. The van der Waals surface area contributed by atoms with Crippen molar-refractivity contribution in [3.63, 3.8) is 0 Å². The van der Waals surface area contributed by atoms with Crippen LogP contribution >= 0.6 is 0 Å². The largest absolute Gasteiger partial charge is 1.00 e. The molecule has 0 aliphatic carbocycles. The summed E-state index contributed by atoms with van der Waals surface area (Å²) in [6.45, 7) is 10.5. The van der Waals surface area contributed by atoms with Crippen LogP contribution in [0, 0.1) is 0 Å². The van der Waals surface area contributed by atoms with Gasteiger partial charge >= 0.3 is 29.6 Å². The molecule has 5 heteroatoms. The maximum Gasteiger partial charge on any atom is 1.00 e. The van der Waals surface area contributed by atoms with Crippen molar-refractivity contribution >= 4 is 5.97 Å². The minimum Gasteiger partial charge on any atom is -0.545 e. The van der Waals surface area contributed by atoms with Crippen LogP contribution in [0.5, 0.6) is 0 Å². The van der Waals surface area contributed by atoms with Gasteiger partial charge in [0.15, 0.2) is 0 Å². The molecule has 0 rings (SSSR count). The van der Waals surface area contributed by atoms with E-state index in [-0.39, 0.29) is 41.2 Å². The number of ether oxygens (including phenoxy) is 1. The van der Waals surface area contributed by atoms with E-state index in [1.165, 1.54) is 6.92 Å². The van der Waals surface area contributed by atoms with Gasteiger partial charge < -0.3 is 19.7 Å². The van der Waals surface area contributed by atoms with Crippen molar-refractivity contribution in [1.29, 1.82) is 0 Å². The first-order valence-corrected chi connectivity index (χ1v) is 4.15. The van der Waals surface area contributed by atoms with Crippen molar-refractivity contribution in [1.82, 2.24) is 0 Å². The molecule has 4 nitrogen and oxygen atoms in total. The van der Waals surface area contributed by atoms with Crippen LogP contribution in [0.25, 0.3) is 0 Å². The van der Waals surface area contributed by atoms with Crippen molar-refractivity contribution < 1.29 is 49.3 Å². The van der Waals surface area contributed by atoms with Crippen LogP contribution in [0.2, 0.25) is 0 Å². The van der Waals surface area contributed by atoms with Crippen LogP contribution < -0.4 is 34.7 Å². The number of rotatable bonds is 5. The van der Waals surface area contributed by atoms with Crippen LogP contribution in [0.15, 0.2) is 24.8 Å². The molecule has 0 aliphatic rings. The molecule has 0 fully saturated rings. The standard InChI is InChI=1S/C6H12O2.C4H6O2.Na/c1-3-4-8-5-6(2)7;1-3(2)4(5)6;/h3,6-7H,1,4-5H2,2H3;1H2,2H3,(H,5,6);/q;;+1/p-1. The fourth-order valence-corrected chi connectivity index (χ4v) is 0.322. The summed E-state index contributed by atoms with van der Waals surface area (Å²) in [4.78, 5) is 9.49. The molecule has 0 bridgehead atoms. The summed E-state index contributed by atoms with van der Waals surface area (Å²) in [5.41, 5.74) is 0.0648. The zero-order valence-electron chi connectivity index (χ0n) is 9.66. The van der Waals surface area contributed by atoms with Gasteiger partial charge in [-0.3, -0.25) is 0 Å². The van der Waals surface area contributed by atoms with E-state index >= 15 is 0 Å². The Morgan fingerprint density at radius 3 is 2.27 bits per heavy atom. The van der Waals surface area contributed by atoms with E-state index in [1.54, 1.807) is 13.0 Å². The molecule has 0 spiro atoms. The number of aliphatic hydroxyl groups excluding tert-OH is 1. The third kappa shape index (κ3) is 24.8. The zero-order valence-corrected chi connectivity index (χ0v) is 11.7. The maximum absolute atomic E-state index is 9.49. The molecule has 1 unspecified atom stereocenters. The molecule has 0 saturated heterocycles. The number of aliphatic carboxylic acids is 1. The van der Waals surface area contributed by atoms with E-state index in [9.17, 15) is 9.90 Å². The molecule has 0 radical (unpaired) electrons. The van der Waals surface area contributed by atoms with Crippen LogP contribution in [0.4, 0.5) is 0 Å². The van der Waals surface area contributed by atoms with E-state index in [4.69, 9.17) is 9.84 Å². The summed E-state index contributed by atoms with van der Waals surface area (Å²) in [6, 6.07) is 0. The fourth-order valence-electron chi connectivity index (χ4n) is 0.322. The minimum absolute atomic E-state index is 0. The van der Waals surface area contributed by atoms with Gasteiger partial charge in [-0.2, -0.15) is 0 Å². The van der Waals surface area contributed by atoms with E-state index in [2.05, 4.69) is 13.2 Å². The molecule has 15 heavy (non-hydrogen) atoms. The summed E-state index contributed by atoms with van der Waals surface area (Å²) in [6.07, 6.45) is 1.29. The maximum atomic E-state index is 9.49. The molecule has 0 amide bonds. The average Bonchev–Trinajstić information content (AvgIpc) is 2.05. The van der Waals surface area contributed by atoms with Gasteiger partial charge in [0.2, 0.25) is 0 Å². The molecule has 0 heterocycles. The van der Waals surface area contributed by atoms with Crippen molar-refractivity contribution in [3.05, 3.63) is 24.8 Å². The normalized spacial score (nSPS) is 10.1. The van der Waals surface area contributed by atoms with Crippen LogP contribution in [0.1, 0.15) is 13.8 Å². The number of carboxylic acids is 1. The Bertz CT molecular complexity index is 178. The van der Waals surface area contributed by atoms with E-state index in [1.807, 2.05) is 0 Å². The molecule has 0 aromatic heterocycles. The van der Waals surface area contributed by atoms with E-state index < -0.39 is 5.97 Å². The van der Waals surface area contributed by atoms with Crippen molar-refractivity contribution in [2.75, 3.05) is 13.2 Å². The molecule has 0 aromatic rings. The molecular formula is C10H17NaO4. The topological polar surface area (TPSA) is 69.6 Å². The predicted octanol–water partition coefficient (Wildman–Crippen LogP) is -3.11. The third-order valence-electron chi connectivity index (χ3n) is 0.943. The Kier molecular flexibility index (Phi) is 18.8. The van der Waals surface area contributed by atoms with Crippen LogP contribution in [0.3, 0.4) is 0 Å². The fraction of sp³-hybridized carbons (Fsp3) is 0.500. The first-order valence-electron chi connectivity index (χ1n) is 4.15. The van der Waals surface area contributed by atoms with Crippen molar-refractivity contribution in [3.8, 4) is 0 Å². The Balaban J connectivity index is -0.000000187. The van der Waals surface area contributed by atoms with Crippen molar-refractivity contribution in [2.45, 2.75) is 20.0 Å². The third-order valence-corrected chi connectivity index (χ3v) is 0.943. The first-order chi connectivity index (χ1) is 6.41. The van der Waals surface area contributed by atoms with Gasteiger partial charge in [-0.05, 0) is 19.4 Å². The molecule has 0 aliphatic heterocycles. The summed E-state index contributed by atoms with van der Waals surface area (Å²) in [5.74, 6) is -1.19. The smallest absolute Gasteiger partial charge is 0.545 e. The summed E-state index contributed by atoms with van der Waals surface area (Å²) in [7, 11) is 0. The number of carbonyl (C=O) groups is 1. The van der Waals surface area contributed by atoms with Gasteiger partial charge in [-0.1, -0.05) is 12.7 Å². The molecule has 1 atom stereocenters. The van der Waals surface area contributed by atoms with Gasteiger partial charge in [0.25, 0.3) is 0 Å². The first kappa shape index (κ1) is 20.3. The number of carbonyl (C=O) groups excluding carboxylic acids is 1. The monoisotopic (exact) mass is 224 g/mol. The van der Waals surface area contributed by atoms with Gasteiger partial charge in [0, 0.05) is 0 Å². The second kappa shape index (κ2) is 13.9. The SMILES string of the molecule is C=C(C)C(=O)[O-].C=CCOCC(C)O.[Na+]. The summed E-state index contributed by atoms with van der Waals surface area (Å²) >= 11 is 0. The molecule has 82 valence electrons. The number of hydrogen-bond acceptors (Lipinski definition) is 4. The van der Waals surface area contributed by atoms with Crippen LogP contribution in [-0.4, -0.2) is 30.4 Å². The van der Waals surface area contributed by atoms with E-state index in [0.29, 0.717) is 13.2 Å². The Morgan fingerprint density at radius 1 is 1.67 bits per heavy atom. The van der Waals surface area contributed by atoms with Gasteiger partial charge in [0.05, 0.1) is 25.3 Å².